The minimum absolute atomic E-state index is 0.177. The zero-order valence-corrected chi connectivity index (χ0v) is 11.5. The first-order chi connectivity index (χ1) is 7.79. The monoisotopic (exact) mass is 296 g/mol. The number of hydrogen-bond donors (Lipinski definition) is 4. The van der Waals surface area contributed by atoms with Gasteiger partial charge in [-0.3, -0.25) is 9.13 Å². The third-order valence-electron chi connectivity index (χ3n) is 1.68. The van der Waals surface area contributed by atoms with Crippen molar-refractivity contribution in [1.82, 2.24) is 4.86 Å². The summed E-state index contributed by atoms with van der Waals surface area (Å²) in [7, 11) is -8.05. The maximum absolute atomic E-state index is 11.4. The second kappa shape index (κ2) is 6.16. The predicted octanol–water partition coefficient (Wildman–Crippen LogP) is 1.71. The first-order valence-corrected chi connectivity index (χ1v) is 9.36. The first-order valence-electron chi connectivity index (χ1n) is 4.63. The van der Waals surface area contributed by atoms with Crippen LogP contribution in [-0.4, -0.2) is 15.3 Å². The average Bonchev–Trinajstić information content (AvgIpc) is 2.15. The minimum Gasteiger partial charge on any atom is -0.332 e. The summed E-state index contributed by atoms with van der Waals surface area (Å²) in [5, 5.41) is 0. The summed E-state index contributed by atoms with van der Waals surface area (Å²) in [6.07, 6.45) is 0. The normalized spacial score (nSPS) is 18.3. The van der Waals surface area contributed by atoms with Crippen LogP contribution in [0.1, 0.15) is 5.56 Å². The zero-order chi connectivity index (χ0) is 12.9. The summed E-state index contributed by atoms with van der Waals surface area (Å²) in [6, 6.07) is 9.40. The summed E-state index contributed by atoms with van der Waals surface area (Å²) < 4.78 is 22.2. The second-order valence-corrected chi connectivity index (χ2v) is 8.57. The lowest BCUT2D eigenvalue weighted by atomic mass is 10.2. The Labute approximate surface area is 104 Å². The standard InChI is InChI=1S/C8H14N2O4P2S/c9-16(13,14)10-15(11,12)7-17-6-8-4-2-1-3-5-8/h1-5H,6-7H2,(H5,9,10,11,12,13,14). The molecule has 1 aromatic rings. The van der Waals surface area contributed by atoms with Crippen LogP contribution in [0.4, 0.5) is 0 Å². The Bertz CT molecular complexity index is 450. The molecule has 0 aliphatic carbocycles. The Kier molecular flexibility index (Phi) is 5.41. The molecule has 0 radical (unpaired) electrons. The summed E-state index contributed by atoms with van der Waals surface area (Å²) in [6.45, 7) is 0. The van der Waals surface area contributed by atoms with Crippen molar-refractivity contribution < 1.29 is 18.9 Å². The highest BCUT2D eigenvalue weighted by atomic mass is 32.2. The average molecular weight is 296 g/mol. The van der Waals surface area contributed by atoms with Gasteiger partial charge in [-0.2, -0.15) is 4.86 Å². The number of nitrogens with two attached hydrogens (primary N) is 1. The molecule has 0 spiro atoms. The van der Waals surface area contributed by atoms with E-state index in [1.165, 1.54) is 11.8 Å². The predicted molar refractivity (Wildman–Crippen MR) is 69.6 cm³/mol. The Morgan fingerprint density at radius 3 is 2.35 bits per heavy atom. The molecular weight excluding hydrogens is 282 g/mol. The van der Waals surface area contributed by atoms with Crippen LogP contribution in [0.5, 0.6) is 0 Å². The van der Waals surface area contributed by atoms with Crippen LogP contribution >= 0.6 is 27.0 Å². The molecule has 0 aliphatic heterocycles. The molecule has 9 heteroatoms. The molecule has 1 rings (SSSR count). The highest BCUT2D eigenvalue weighted by molar-refractivity contribution is 8.04. The van der Waals surface area contributed by atoms with E-state index in [-0.39, 0.29) is 5.49 Å². The third kappa shape index (κ3) is 7.01. The van der Waals surface area contributed by atoms with Crippen LogP contribution in [0.15, 0.2) is 30.3 Å². The van der Waals surface area contributed by atoms with Crippen molar-refractivity contribution in [1.29, 1.82) is 0 Å². The highest BCUT2D eigenvalue weighted by Crippen LogP contribution is 2.48. The maximum atomic E-state index is 11.4. The summed E-state index contributed by atoms with van der Waals surface area (Å²) >= 11 is 1.19. The molecule has 2 atom stereocenters. The van der Waals surface area contributed by atoms with Gasteiger partial charge in [0.05, 0.1) is 5.49 Å². The highest BCUT2D eigenvalue weighted by Gasteiger charge is 2.26. The quantitative estimate of drug-likeness (QED) is 0.591. The largest absolute Gasteiger partial charge is 0.343 e. The molecule has 0 bridgehead atoms. The van der Waals surface area contributed by atoms with E-state index in [4.69, 9.17) is 10.4 Å². The van der Waals surface area contributed by atoms with Gasteiger partial charge in [0.15, 0.2) is 0 Å². The van der Waals surface area contributed by atoms with Crippen LogP contribution < -0.4 is 10.4 Å². The van der Waals surface area contributed by atoms with Gasteiger partial charge in [0.2, 0.25) is 0 Å². The molecule has 5 N–H and O–H groups in total. The van der Waals surface area contributed by atoms with Gasteiger partial charge in [0.1, 0.15) is 0 Å². The lowest BCUT2D eigenvalue weighted by molar-refractivity contribution is 0.454. The van der Waals surface area contributed by atoms with E-state index in [0.29, 0.717) is 5.75 Å². The van der Waals surface area contributed by atoms with E-state index in [2.05, 4.69) is 0 Å². The van der Waals surface area contributed by atoms with Gasteiger partial charge in [-0.05, 0) is 5.56 Å². The zero-order valence-electron chi connectivity index (χ0n) is 8.89. The molecule has 0 aliphatic rings. The number of nitrogens with one attached hydrogen (secondary N) is 1. The van der Waals surface area contributed by atoms with Gasteiger partial charge in [-0.15, -0.1) is 11.8 Å². The SMILES string of the molecule is NP(=O)(O)NP(=O)(O)CSCc1ccccc1. The summed E-state index contributed by atoms with van der Waals surface area (Å²) in [5.74, 6) is 0.549. The molecular formula is C8H14N2O4P2S. The molecule has 0 heterocycles. The van der Waals surface area contributed by atoms with Crippen molar-refractivity contribution in [3.05, 3.63) is 35.9 Å². The van der Waals surface area contributed by atoms with E-state index >= 15 is 0 Å². The number of rotatable bonds is 6. The molecule has 1 aromatic carbocycles. The smallest absolute Gasteiger partial charge is 0.332 e. The van der Waals surface area contributed by atoms with Crippen LogP contribution in [-0.2, 0) is 14.9 Å². The van der Waals surface area contributed by atoms with E-state index < -0.39 is 15.2 Å². The fourth-order valence-corrected chi connectivity index (χ4v) is 5.44. The van der Waals surface area contributed by atoms with Crippen molar-refractivity contribution in [3.8, 4) is 0 Å². The molecule has 0 saturated heterocycles. The first kappa shape index (κ1) is 14.9. The fraction of sp³-hybridized carbons (Fsp3) is 0.250. The lowest BCUT2D eigenvalue weighted by Crippen LogP contribution is -2.13. The van der Waals surface area contributed by atoms with Gasteiger partial charge >= 0.3 is 7.67 Å². The summed E-state index contributed by atoms with van der Waals surface area (Å²) in [5.41, 5.74) is 5.60. The van der Waals surface area contributed by atoms with Crippen molar-refractivity contribution in [2.75, 3.05) is 5.49 Å². The van der Waals surface area contributed by atoms with Crippen LogP contribution in [0, 0.1) is 0 Å². The van der Waals surface area contributed by atoms with Crippen LogP contribution in [0.25, 0.3) is 0 Å². The van der Waals surface area contributed by atoms with E-state index in [1.807, 2.05) is 30.3 Å². The topological polar surface area (TPSA) is 113 Å². The third-order valence-corrected chi connectivity index (χ3v) is 6.74. The number of benzene rings is 1. The Balaban J connectivity index is 2.41. The Morgan fingerprint density at radius 1 is 1.24 bits per heavy atom. The molecule has 96 valence electrons. The van der Waals surface area contributed by atoms with Crippen LogP contribution in [0.3, 0.4) is 0 Å². The molecule has 0 fully saturated rings. The van der Waals surface area contributed by atoms with Gasteiger partial charge in [0.25, 0.3) is 7.52 Å². The van der Waals surface area contributed by atoms with Gasteiger partial charge in [0, 0.05) is 5.75 Å². The molecule has 0 amide bonds. The Morgan fingerprint density at radius 2 is 1.82 bits per heavy atom. The Hall–Kier alpha value is -0.130. The minimum atomic E-state index is -4.18. The summed E-state index contributed by atoms with van der Waals surface area (Å²) in [4.78, 5) is 19.8. The second-order valence-electron chi connectivity index (χ2n) is 3.39. The van der Waals surface area contributed by atoms with Gasteiger partial charge in [-0.25, -0.2) is 5.50 Å². The number of hydrogen-bond acceptors (Lipinski definition) is 3. The van der Waals surface area contributed by atoms with E-state index in [0.717, 1.165) is 5.56 Å². The van der Waals surface area contributed by atoms with Crippen molar-refractivity contribution in [2.24, 2.45) is 5.50 Å². The molecule has 0 saturated carbocycles. The maximum Gasteiger partial charge on any atom is 0.343 e. The number of thioether (sulfide) groups is 1. The van der Waals surface area contributed by atoms with E-state index in [1.54, 1.807) is 4.86 Å². The fourth-order valence-electron chi connectivity index (χ4n) is 1.11. The van der Waals surface area contributed by atoms with Crippen molar-refractivity contribution in [3.63, 3.8) is 0 Å². The molecule has 6 nitrogen and oxygen atoms in total. The molecule has 2 unspecified atom stereocenters. The van der Waals surface area contributed by atoms with Gasteiger partial charge < -0.3 is 9.79 Å². The van der Waals surface area contributed by atoms with Gasteiger partial charge in [-0.1, -0.05) is 30.3 Å². The molecule has 17 heavy (non-hydrogen) atoms. The van der Waals surface area contributed by atoms with Crippen molar-refractivity contribution in [2.45, 2.75) is 5.75 Å². The molecule has 0 aromatic heterocycles. The van der Waals surface area contributed by atoms with Crippen molar-refractivity contribution >= 4 is 27.0 Å². The lowest BCUT2D eigenvalue weighted by Gasteiger charge is -2.14. The van der Waals surface area contributed by atoms with Crippen LogP contribution in [0.2, 0.25) is 0 Å². The van der Waals surface area contributed by atoms with E-state index in [9.17, 15) is 14.0 Å².